The maximum absolute atomic E-state index is 12.0. The second kappa shape index (κ2) is 6.55. The molecule has 4 nitrogen and oxygen atoms in total. The van der Waals surface area contributed by atoms with Crippen LogP contribution in [-0.4, -0.2) is 26.7 Å². The summed E-state index contributed by atoms with van der Waals surface area (Å²) in [4.78, 5) is 0.181. The molecule has 1 rings (SSSR count). The third-order valence-corrected chi connectivity index (χ3v) is 3.82. The first-order valence-corrected chi connectivity index (χ1v) is 7.19. The molecule has 0 aliphatic heterocycles. The normalized spacial score (nSPS) is 10.8. The highest BCUT2D eigenvalue weighted by Gasteiger charge is 2.16. The van der Waals surface area contributed by atoms with Gasteiger partial charge in [-0.05, 0) is 24.6 Å². The Hall–Kier alpha value is -1.35. The van der Waals surface area contributed by atoms with Crippen molar-refractivity contribution in [2.45, 2.75) is 25.2 Å². The first kappa shape index (κ1) is 14.7. The van der Waals surface area contributed by atoms with E-state index in [9.17, 15) is 8.42 Å². The molecule has 98 valence electrons. The molecule has 0 aliphatic rings. The summed E-state index contributed by atoms with van der Waals surface area (Å²) in [5, 5.41) is 8.68. The van der Waals surface area contributed by atoms with Gasteiger partial charge in [-0.25, -0.2) is 13.1 Å². The number of nitrogens with one attached hydrogen (secondary N) is 1. The number of aryl methyl sites for hydroxylation is 1. The summed E-state index contributed by atoms with van der Waals surface area (Å²) in [6.45, 7) is 3.90. The van der Waals surface area contributed by atoms with E-state index >= 15 is 0 Å². The monoisotopic (exact) mass is 267 g/mol. The van der Waals surface area contributed by atoms with Crippen LogP contribution in [0.15, 0.2) is 23.1 Å². The van der Waals surface area contributed by atoms with Gasteiger partial charge in [-0.1, -0.05) is 24.8 Å². The van der Waals surface area contributed by atoms with Gasteiger partial charge < -0.3 is 5.11 Å². The zero-order valence-electron chi connectivity index (χ0n) is 10.5. The van der Waals surface area contributed by atoms with E-state index in [-0.39, 0.29) is 11.5 Å². The molecular formula is C13H17NO3S. The maximum Gasteiger partial charge on any atom is 0.241 e. The number of aliphatic hydroxyl groups excluding tert-OH is 1. The Kier molecular flexibility index (Phi) is 5.35. The highest BCUT2D eigenvalue weighted by molar-refractivity contribution is 7.89. The molecule has 0 saturated carbocycles. The Morgan fingerprint density at radius 2 is 2.11 bits per heavy atom. The van der Waals surface area contributed by atoms with Crippen LogP contribution < -0.4 is 4.72 Å². The van der Waals surface area contributed by atoms with Gasteiger partial charge in [0.2, 0.25) is 10.0 Å². The highest BCUT2D eigenvalue weighted by Crippen LogP contribution is 2.16. The lowest BCUT2D eigenvalue weighted by atomic mass is 10.1. The minimum Gasteiger partial charge on any atom is -0.395 e. The number of hydrogen-bond acceptors (Lipinski definition) is 3. The maximum atomic E-state index is 12.0. The summed E-state index contributed by atoms with van der Waals surface area (Å²) in [5.74, 6) is 5.53. The molecule has 0 radical (unpaired) electrons. The second-order valence-corrected chi connectivity index (χ2v) is 5.51. The molecule has 0 unspecified atom stereocenters. The van der Waals surface area contributed by atoms with E-state index < -0.39 is 10.0 Å². The summed E-state index contributed by atoms with van der Waals surface area (Å²) in [6.07, 6.45) is 0.328. The molecule has 0 saturated heterocycles. The van der Waals surface area contributed by atoms with Gasteiger partial charge in [0, 0.05) is 18.5 Å². The van der Waals surface area contributed by atoms with Crippen LogP contribution >= 0.6 is 0 Å². The molecule has 0 fully saturated rings. The Morgan fingerprint density at radius 1 is 1.39 bits per heavy atom. The topological polar surface area (TPSA) is 66.4 Å². The Balaban J connectivity index is 3.25. The van der Waals surface area contributed by atoms with Gasteiger partial charge in [0.1, 0.15) is 0 Å². The number of benzene rings is 1. The molecule has 0 bridgehead atoms. The van der Waals surface area contributed by atoms with Crippen LogP contribution in [0.25, 0.3) is 0 Å². The van der Waals surface area contributed by atoms with E-state index in [1.54, 1.807) is 25.1 Å². The minimum atomic E-state index is -3.51. The van der Waals surface area contributed by atoms with Gasteiger partial charge in [0.25, 0.3) is 0 Å². The molecule has 1 aromatic rings. The predicted octanol–water partition coefficient (Wildman–Crippen LogP) is 1.03. The molecule has 0 amide bonds. The van der Waals surface area contributed by atoms with Crippen LogP contribution in [0.2, 0.25) is 0 Å². The SMILES string of the molecule is CCNS(=O)(=O)c1ccc(C)cc1C#CCCO. The van der Waals surface area contributed by atoms with Crippen molar-refractivity contribution >= 4 is 10.0 Å². The van der Waals surface area contributed by atoms with Crippen molar-refractivity contribution in [3.63, 3.8) is 0 Å². The summed E-state index contributed by atoms with van der Waals surface area (Å²) < 4.78 is 26.4. The fourth-order valence-electron chi connectivity index (χ4n) is 1.46. The molecular weight excluding hydrogens is 250 g/mol. The van der Waals surface area contributed by atoms with Gasteiger partial charge >= 0.3 is 0 Å². The lowest BCUT2D eigenvalue weighted by Gasteiger charge is -2.07. The van der Waals surface area contributed by atoms with Crippen LogP contribution in [0, 0.1) is 18.8 Å². The van der Waals surface area contributed by atoms with Crippen LogP contribution in [0.3, 0.4) is 0 Å². The quantitative estimate of drug-likeness (QED) is 0.801. The fraction of sp³-hybridized carbons (Fsp3) is 0.385. The molecule has 0 aliphatic carbocycles. The zero-order chi connectivity index (χ0) is 13.6. The highest BCUT2D eigenvalue weighted by atomic mass is 32.2. The molecule has 5 heteroatoms. The molecule has 0 spiro atoms. The Bertz CT molecular complexity index is 568. The number of aliphatic hydroxyl groups is 1. The third kappa shape index (κ3) is 3.84. The van der Waals surface area contributed by atoms with Crippen LogP contribution in [0.5, 0.6) is 0 Å². The molecule has 18 heavy (non-hydrogen) atoms. The molecule has 0 heterocycles. The largest absolute Gasteiger partial charge is 0.395 e. The van der Waals surface area contributed by atoms with Crippen LogP contribution in [0.4, 0.5) is 0 Å². The van der Waals surface area contributed by atoms with Crippen molar-refractivity contribution in [1.82, 2.24) is 4.72 Å². The molecule has 2 N–H and O–H groups in total. The van der Waals surface area contributed by atoms with Crippen molar-refractivity contribution in [1.29, 1.82) is 0 Å². The molecule has 0 atom stereocenters. The fourth-order valence-corrected chi connectivity index (χ4v) is 2.64. The van der Waals surface area contributed by atoms with Crippen molar-refractivity contribution in [3.05, 3.63) is 29.3 Å². The van der Waals surface area contributed by atoms with E-state index in [2.05, 4.69) is 16.6 Å². The summed E-state index contributed by atoms with van der Waals surface area (Å²) >= 11 is 0. The van der Waals surface area contributed by atoms with E-state index in [1.807, 2.05) is 6.92 Å². The van der Waals surface area contributed by atoms with E-state index in [4.69, 9.17) is 5.11 Å². The second-order valence-electron chi connectivity index (χ2n) is 3.78. The van der Waals surface area contributed by atoms with E-state index in [1.165, 1.54) is 0 Å². The summed E-state index contributed by atoms with van der Waals surface area (Å²) in [7, 11) is -3.51. The Labute approximate surface area is 108 Å². The number of hydrogen-bond donors (Lipinski definition) is 2. The van der Waals surface area contributed by atoms with Gasteiger partial charge in [-0.3, -0.25) is 0 Å². The van der Waals surface area contributed by atoms with E-state index in [0.29, 0.717) is 18.5 Å². The van der Waals surface area contributed by atoms with Gasteiger partial charge in [0.15, 0.2) is 0 Å². The summed E-state index contributed by atoms with van der Waals surface area (Å²) in [5.41, 5.74) is 1.41. The molecule has 0 aromatic heterocycles. The lowest BCUT2D eigenvalue weighted by molar-refractivity contribution is 0.305. The van der Waals surface area contributed by atoms with Crippen molar-refractivity contribution < 1.29 is 13.5 Å². The number of sulfonamides is 1. The smallest absolute Gasteiger partial charge is 0.241 e. The zero-order valence-corrected chi connectivity index (χ0v) is 11.3. The van der Waals surface area contributed by atoms with Crippen molar-refractivity contribution in [2.75, 3.05) is 13.2 Å². The standard InChI is InChI=1S/C13H17NO3S/c1-3-14-18(16,17)13-8-7-11(2)10-12(13)6-4-5-9-15/h7-8,10,14-15H,3,5,9H2,1-2H3. The van der Waals surface area contributed by atoms with Crippen LogP contribution in [-0.2, 0) is 10.0 Å². The lowest BCUT2D eigenvalue weighted by Crippen LogP contribution is -2.24. The minimum absolute atomic E-state index is 0.0336. The average molecular weight is 267 g/mol. The first-order chi connectivity index (χ1) is 8.51. The van der Waals surface area contributed by atoms with E-state index in [0.717, 1.165) is 5.56 Å². The predicted molar refractivity (Wildman–Crippen MR) is 70.6 cm³/mol. The van der Waals surface area contributed by atoms with Gasteiger partial charge in [0.05, 0.1) is 11.5 Å². The van der Waals surface area contributed by atoms with Crippen LogP contribution in [0.1, 0.15) is 24.5 Å². The average Bonchev–Trinajstić information content (AvgIpc) is 2.29. The van der Waals surface area contributed by atoms with Gasteiger partial charge in [-0.15, -0.1) is 0 Å². The number of rotatable bonds is 4. The Morgan fingerprint density at radius 3 is 2.72 bits per heavy atom. The third-order valence-electron chi connectivity index (χ3n) is 2.22. The molecule has 1 aromatic carbocycles. The van der Waals surface area contributed by atoms with Crippen molar-refractivity contribution in [2.24, 2.45) is 0 Å². The van der Waals surface area contributed by atoms with Crippen molar-refractivity contribution in [3.8, 4) is 11.8 Å². The first-order valence-electron chi connectivity index (χ1n) is 5.71. The summed E-state index contributed by atoms with van der Waals surface area (Å²) in [6, 6.07) is 5.02. The van der Waals surface area contributed by atoms with Gasteiger partial charge in [-0.2, -0.15) is 0 Å².